The molecule has 2 aromatic rings. The topological polar surface area (TPSA) is 25.2 Å². The number of aromatic nitrogens is 1. The van der Waals surface area contributed by atoms with Gasteiger partial charge in [-0.25, -0.2) is 0 Å². The lowest BCUT2D eigenvalue weighted by atomic mass is 9.66. The number of nitrogens with zero attached hydrogens (tertiary/aromatic N) is 2. The van der Waals surface area contributed by atoms with Crippen LogP contribution in [-0.4, -0.2) is 28.3 Å². The van der Waals surface area contributed by atoms with Crippen molar-refractivity contribution < 1.29 is 4.79 Å². The van der Waals surface area contributed by atoms with Gasteiger partial charge in [-0.1, -0.05) is 25.1 Å². The Bertz CT molecular complexity index is 891. The highest BCUT2D eigenvalue weighted by molar-refractivity contribution is 6.16. The Hall–Kier alpha value is -1.87. The molecule has 3 aliphatic rings. The van der Waals surface area contributed by atoms with Gasteiger partial charge in [-0.15, -0.1) is 0 Å². The molecule has 3 aliphatic heterocycles. The summed E-state index contributed by atoms with van der Waals surface area (Å²) >= 11 is 0. The van der Waals surface area contributed by atoms with Gasteiger partial charge in [0, 0.05) is 30.0 Å². The molecule has 1 aromatic heterocycles. The fourth-order valence-electron chi connectivity index (χ4n) is 5.54. The van der Waals surface area contributed by atoms with Crippen LogP contribution in [0.15, 0.2) is 30.3 Å². The fourth-order valence-corrected chi connectivity index (χ4v) is 5.54. The SMILES string of the molecule is CC[C@@]12C=C(C(C)=O)n3c4c(c5ccccc53)CCN(CCC1)C42. The average molecular weight is 320 g/mol. The van der Waals surface area contributed by atoms with Gasteiger partial charge in [-0.05, 0) is 49.9 Å². The van der Waals surface area contributed by atoms with Gasteiger partial charge in [0.15, 0.2) is 5.78 Å². The lowest BCUT2D eigenvalue weighted by Gasteiger charge is -2.53. The molecule has 1 aromatic carbocycles. The zero-order valence-corrected chi connectivity index (χ0v) is 14.5. The molecule has 0 N–H and O–H groups in total. The molecule has 5 rings (SSSR count). The van der Waals surface area contributed by atoms with E-state index >= 15 is 0 Å². The molecule has 1 saturated heterocycles. The number of carbonyl (C=O) groups is 1. The van der Waals surface area contributed by atoms with Crippen molar-refractivity contribution in [1.29, 1.82) is 0 Å². The van der Waals surface area contributed by atoms with E-state index in [0.29, 0.717) is 6.04 Å². The molecule has 4 heterocycles. The van der Waals surface area contributed by atoms with Crippen molar-refractivity contribution in [3.05, 3.63) is 41.6 Å². The van der Waals surface area contributed by atoms with Gasteiger partial charge in [0.05, 0.1) is 17.3 Å². The Morgan fingerprint density at radius 2 is 2.12 bits per heavy atom. The molecule has 24 heavy (non-hydrogen) atoms. The highest BCUT2D eigenvalue weighted by Gasteiger charge is 2.50. The van der Waals surface area contributed by atoms with E-state index in [1.807, 2.05) is 0 Å². The zero-order chi connectivity index (χ0) is 16.5. The summed E-state index contributed by atoms with van der Waals surface area (Å²) in [4.78, 5) is 15.2. The number of allylic oxidation sites excluding steroid dienone is 1. The van der Waals surface area contributed by atoms with Crippen LogP contribution < -0.4 is 0 Å². The van der Waals surface area contributed by atoms with Crippen molar-refractivity contribution in [1.82, 2.24) is 9.47 Å². The van der Waals surface area contributed by atoms with Crippen LogP contribution in [-0.2, 0) is 11.2 Å². The first kappa shape index (κ1) is 14.5. The van der Waals surface area contributed by atoms with E-state index in [2.05, 4.69) is 46.7 Å². The number of para-hydroxylation sites is 1. The minimum absolute atomic E-state index is 0.124. The highest BCUT2D eigenvalue weighted by Crippen LogP contribution is 2.56. The zero-order valence-electron chi connectivity index (χ0n) is 14.5. The summed E-state index contributed by atoms with van der Waals surface area (Å²) < 4.78 is 2.29. The summed E-state index contributed by atoms with van der Waals surface area (Å²) in [7, 11) is 0. The molecule has 3 heteroatoms. The Kier molecular flexibility index (Phi) is 2.91. The second-order valence-electron chi connectivity index (χ2n) is 7.68. The van der Waals surface area contributed by atoms with Gasteiger partial charge >= 0.3 is 0 Å². The Morgan fingerprint density at radius 1 is 1.29 bits per heavy atom. The van der Waals surface area contributed by atoms with Crippen molar-refractivity contribution in [2.45, 2.75) is 45.6 Å². The Morgan fingerprint density at radius 3 is 2.92 bits per heavy atom. The van der Waals surface area contributed by atoms with Crippen LogP contribution in [0.4, 0.5) is 0 Å². The maximum absolute atomic E-state index is 12.5. The summed E-state index contributed by atoms with van der Waals surface area (Å²) in [6.07, 6.45) is 6.97. The van der Waals surface area contributed by atoms with Gasteiger partial charge in [-0.3, -0.25) is 9.69 Å². The number of rotatable bonds is 2. The predicted octanol–water partition coefficient (Wildman–Crippen LogP) is 4.17. The third-order valence-electron chi connectivity index (χ3n) is 6.61. The summed E-state index contributed by atoms with van der Waals surface area (Å²) in [6.45, 7) is 6.36. The van der Waals surface area contributed by atoms with E-state index in [9.17, 15) is 4.79 Å². The summed E-state index contributed by atoms with van der Waals surface area (Å²) in [5.74, 6) is 0.188. The second-order valence-corrected chi connectivity index (χ2v) is 7.68. The molecule has 1 unspecified atom stereocenters. The van der Waals surface area contributed by atoms with Gasteiger partial charge < -0.3 is 4.57 Å². The molecule has 0 saturated carbocycles. The quantitative estimate of drug-likeness (QED) is 0.829. The lowest BCUT2D eigenvalue weighted by Crippen LogP contribution is -2.51. The number of piperidine rings is 1. The number of benzene rings is 1. The minimum atomic E-state index is 0.124. The first-order valence-electron chi connectivity index (χ1n) is 9.27. The molecule has 0 aliphatic carbocycles. The van der Waals surface area contributed by atoms with E-state index in [1.165, 1.54) is 41.5 Å². The van der Waals surface area contributed by atoms with Gasteiger partial charge in [0.1, 0.15) is 0 Å². The minimum Gasteiger partial charge on any atom is -0.309 e. The summed E-state index contributed by atoms with van der Waals surface area (Å²) in [5, 5.41) is 1.34. The van der Waals surface area contributed by atoms with Gasteiger partial charge in [-0.2, -0.15) is 0 Å². The Labute approximate surface area is 142 Å². The summed E-state index contributed by atoms with van der Waals surface area (Å²) in [5.41, 5.74) is 5.13. The Balaban J connectivity index is 1.92. The highest BCUT2D eigenvalue weighted by atomic mass is 16.1. The number of hydrogen-bond donors (Lipinski definition) is 0. The molecular formula is C21H24N2O. The van der Waals surface area contributed by atoms with Gasteiger partial charge in [0.2, 0.25) is 0 Å². The smallest absolute Gasteiger partial charge is 0.176 e. The van der Waals surface area contributed by atoms with Crippen LogP contribution >= 0.6 is 0 Å². The molecule has 1 fully saturated rings. The van der Waals surface area contributed by atoms with Crippen LogP contribution in [0.5, 0.6) is 0 Å². The predicted molar refractivity (Wildman–Crippen MR) is 96.9 cm³/mol. The monoisotopic (exact) mass is 320 g/mol. The lowest BCUT2D eigenvalue weighted by molar-refractivity contribution is -0.112. The van der Waals surface area contributed by atoms with Crippen LogP contribution in [0.25, 0.3) is 16.6 Å². The summed E-state index contributed by atoms with van der Waals surface area (Å²) in [6, 6.07) is 9.07. The fraction of sp³-hybridized carbons (Fsp3) is 0.476. The molecule has 124 valence electrons. The molecule has 3 nitrogen and oxygen atoms in total. The molecular weight excluding hydrogens is 296 g/mol. The van der Waals surface area contributed by atoms with E-state index in [1.54, 1.807) is 6.92 Å². The van der Waals surface area contributed by atoms with E-state index in [0.717, 1.165) is 25.1 Å². The van der Waals surface area contributed by atoms with Crippen molar-refractivity contribution in [2.24, 2.45) is 5.41 Å². The molecule has 0 bridgehead atoms. The maximum atomic E-state index is 12.5. The van der Waals surface area contributed by atoms with Crippen LogP contribution in [0, 0.1) is 5.41 Å². The van der Waals surface area contributed by atoms with E-state index in [4.69, 9.17) is 0 Å². The third-order valence-corrected chi connectivity index (χ3v) is 6.61. The number of ketones is 1. The van der Waals surface area contributed by atoms with Crippen molar-refractivity contribution in [2.75, 3.05) is 13.1 Å². The van der Waals surface area contributed by atoms with Crippen LogP contribution in [0.3, 0.4) is 0 Å². The largest absolute Gasteiger partial charge is 0.309 e. The standard InChI is InChI=1S/C21H24N2O/c1-3-21-10-6-11-22-12-9-16-15-7-4-5-8-17(15)23(19(16)20(21)22)18(13-21)14(2)24/h4-5,7-8,13,20H,3,6,9-12H2,1-2H3/t20?,21-/m0/s1. The van der Waals surface area contributed by atoms with E-state index < -0.39 is 0 Å². The number of carbonyl (C=O) groups excluding carboxylic acids is 1. The van der Waals surface area contributed by atoms with Crippen molar-refractivity contribution in [3.63, 3.8) is 0 Å². The maximum Gasteiger partial charge on any atom is 0.176 e. The van der Waals surface area contributed by atoms with Crippen LogP contribution in [0.1, 0.15) is 50.4 Å². The van der Waals surface area contributed by atoms with Crippen molar-refractivity contribution in [3.8, 4) is 0 Å². The first-order chi connectivity index (χ1) is 11.7. The molecule has 0 spiro atoms. The first-order valence-corrected chi connectivity index (χ1v) is 9.27. The average Bonchev–Trinajstić information content (AvgIpc) is 2.95. The number of hydrogen-bond acceptors (Lipinski definition) is 2. The normalized spacial score (nSPS) is 28.6. The third kappa shape index (κ3) is 1.63. The molecule has 0 radical (unpaired) electrons. The second kappa shape index (κ2) is 4.82. The number of fused-ring (bicyclic) bond motifs is 3. The molecule has 2 atom stereocenters. The van der Waals surface area contributed by atoms with Crippen molar-refractivity contribution >= 4 is 22.4 Å². The molecule has 0 amide bonds. The number of Topliss-reactive ketones (excluding diaryl/α,β-unsaturated/α-hetero) is 1. The van der Waals surface area contributed by atoms with Crippen LogP contribution in [0.2, 0.25) is 0 Å². The van der Waals surface area contributed by atoms with E-state index in [-0.39, 0.29) is 11.2 Å². The van der Waals surface area contributed by atoms with Gasteiger partial charge in [0.25, 0.3) is 0 Å².